The first kappa shape index (κ1) is 12.2. The minimum absolute atomic E-state index is 0.419. The van der Waals surface area contributed by atoms with Gasteiger partial charge in [-0.1, -0.05) is 18.2 Å². The summed E-state index contributed by atoms with van der Waals surface area (Å²) >= 11 is 3.85. The second-order valence-corrected chi connectivity index (χ2v) is 6.33. The Morgan fingerprint density at radius 2 is 2.43 bits per heavy atom. The van der Waals surface area contributed by atoms with Crippen LogP contribution >= 0.6 is 27.3 Å². The topological polar surface area (TPSA) is 35.4 Å². The van der Waals surface area contributed by atoms with Gasteiger partial charge in [0.05, 0.1) is 22.5 Å². The SMILES string of the molecule is CC(C)C[S@@+]([O-])/N=C/c1cc(Br)cs1. The molecule has 0 saturated heterocycles. The van der Waals surface area contributed by atoms with Gasteiger partial charge in [-0.15, -0.1) is 11.3 Å². The highest BCUT2D eigenvalue weighted by molar-refractivity contribution is 9.10. The van der Waals surface area contributed by atoms with E-state index in [0.29, 0.717) is 11.7 Å². The number of thiophene rings is 1. The van der Waals surface area contributed by atoms with Crippen LogP contribution in [-0.4, -0.2) is 16.5 Å². The summed E-state index contributed by atoms with van der Waals surface area (Å²) in [5, 5.41) is 1.98. The first-order valence-electron chi connectivity index (χ1n) is 4.24. The van der Waals surface area contributed by atoms with Crippen molar-refractivity contribution in [1.29, 1.82) is 0 Å². The lowest BCUT2D eigenvalue weighted by Crippen LogP contribution is -2.08. The van der Waals surface area contributed by atoms with E-state index in [4.69, 9.17) is 0 Å². The minimum atomic E-state index is -1.08. The molecule has 78 valence electrons. The molecule has 0 aliphatic heterocycles. The summed E-state index contributed by atoms with van der Waals surface area (Å²) in [7, 11) is 0. The van der Waals surface area contributed by atoms with Gasteiger partial charge in [-0.3, -0.25) is 0 Å². The summed E-state index contributed by atoms with van der Waals surface area (Å²) in [5.41, 5.74) is 0. The maximum Gasteiger partial charge on any atom is 0.135 e. The van der Waals surface area contributed by atoms with Gasteiger partial charge in [-0.2, -0.15) is 0 Å². The third-order valence-corrected chi connectivity index (χ3v) is 4.28. The largest absolute Gasteiger partial charge is 0.591 e. The second-order valence-electron chi connectivity index (χ2n) is 3.28. The van der Waals surface area contributed by atoms with Gasteiger partial charge in [0, 0.05) is 15.8 Å². The molecular formula is C9H12BrNOS2. The van der Waals surface area contributed by atoms with Gasteiger partial charge in [-0.25, -0.2) is 0 Å². The zero-order chi connectivity index (χ0) is 10.6. The molecule has 0 aliphatic rings. The zero-order valence-corrected chi connectivity index (χ0v) is 11.3. The molecule has 0 N–H and O–H groups in total. The van der Waals surface area contributed by atoms with Crippen molar-refractivity contribution in [3.05, 3.63) is 20.8 Å². The average Bonchev–Trinajstić information content (AvgIpc) is 2.47. The van der Waals surface area contributed by atoms with E-state index >= 15 is 0 Å². The zero-order valence-electron chi connectivity index (χ0n) is 8.07. The first-order chi connectivity index (χ1) is 6.58. The molecule has 5 heteroatoms. The van der Waals surface area contributed by atoms with Crippen molar-refractivity contribution in [2.24, 2.45) is 10.3 Å². The molecule has 0 unspecified atom stereocenters. The molecule has 0 bridgehead atoms. The maximum atomic E-state index is 11.3. The van der Waals surface area contributed by atoms with Gasteiger partial charge >= 0.3 is 0 Å². The Morgan fingerprint density at radius 3 is 2.93 bits per heavy atom. The molecule has 1 rings (SSSR count). The molecule has 0 amide bonds. The Bertz CT molecular complexity index is 312. The quantitative estimate of drug-likeness (QED) is 0.620. The van der Waals surface area contributed by atoms with E-state index in [0.717, 1.165) is 9.35 Å². The predicted octanol–water partition coefficient (Wildman–Crippen LogP) is 3.25. The van der Waals surface area contributed by atoms with E-state index in [9.17, 15) is 4.55 Å². The lowest BCUT2D eigenvalue weighted by molar-refractivity contribution is 0.583. The highest BCUT2D eigenvalue weighted by atomic mass is 79.9. The molecular weight excluding hydrogens is 282 g/mol. The van der Waals surface area contributed by atoms with Crippen molar-refractivity contribution in [1.82, 2.24) is 0 Å². The van der Waals surface area contributed by atoms with Gasteiger partial charge < -0.3 is 4.55 Å². The van der Waals surface area contributed by atoms with Gasteiger partial charge in [0.15, 0.2) is 0 Å². The van der Waals surface area contributed by atoms with Gasteiger partial charge in [0.1, 0.15) is 5.75 Å². The average molecular weight is 294 g/mol. The van der Waals surface area contributed by atoms with E-state index in [2.05, 4.69) is 20.3 Å². The van der Waals surface area contributed by atoms with E-state index in [-0.39, 0.29) is 0 Å². The molecule has 1 aromatic rings. The molecule has 2 nitrogen and oxygen atoms in total. The number of nitrogens with zero attached hydrogens (tertiary/aromatic N) is 1. The van der Waals surface area contributed by atoms with Crippen molar-refractivity contribution >= 4 is 44.8 Å². The second kappa shape index (κ2) is 5.90. The van der Waals surface area contributed by atoms with Crippen LogP contribution in [-0.2, 0) is 11.4 Å². The van der Waals surface area contributed by atoms with Crippen LogP contribution < -0.4 is 0 Å². The van der Waals surface area contributed by atoms with E-state index in [1.165, 1.54) is 0 Å². The molecule has 0 aromatic carbocycles. The number of rotatable bonds is 4. The Morgan fingerprint density at radius 1 is 1.71 bits per heavy atom. The highest BCUT2D eigenvalue weighted by Gasteiger charge is 2.06. The lowest BCUT2D eigenvalue weighted by Gasteiger charge is -2.04. The van der Waals surface area contributed by atoms with E-state index in [1.54, 1.807) is 17.6 Å². The van der Waals surface area contributed by atoms with Crippen LogP contribution in [0.2, 0.25) is 0 Å². The fourth-order valence-electron chi connectivity index (χ4n) is 0.835. The van der Waals surface area contributed by atoms with Crippen LogP contribution in [0.4, 0.5) is 0 Å². The Balaban J connectivity index is 2.47. The molecule has 0 saturated carbocycles. The molecule has 1 aromatic heterocycles. The van der Waals surface area contributed by atoms with Crippen LogP contribution in [0.3, 0.4) is 0 Å². The van der Waals surface area contributed by atoms with E-state index in [1.807, 2.05) is 25.3 Å². The summed E-state index contributed by atoms with van der Waals surface area (Å²) in [6.07, 6.45) is 1.67. The fraction of sp³-hybridized carbons (Fsp3) is 0.444. The molecule has 14 heavy (non-hydrogen) atoms. The summed E-state index contributed by atoms with van der Waals surface area (Å²) in [6, 6.07) is 1.96. The molecule has 0 spiro atoms. The molecule has 1 atom stereocenters. The number of hydrogen-bond acceptors (Lipinski definition) is 3. The Labute approximate surface area is 99.9 Å². The van der Waals surface area contributed by atoms with Gasteiger partial charge in [0.2, 0.25) is 0 Å². The van der Waals surface area contributed by atoms with E-state index < -0.39 is 11.4 Å². The van der Waals surface area contributed by atoms with Crippen LogP contribution in [0, 0.1) is 5.92 Å². The Hall–Kier alpha value is 0.160. The number of halogens is 1. The fourth-order valence-corrected chi connectivity index (χ4v) is 3.09. The van der Waals surface area contributed by atoms with Crippen LogP contribution in [0.25, 0.3) is 0 Å². The summed E-state index contributed by atoms with van der Waals surface area (Å²) in [6.45, 7) is 4.07. The normalized spacial score (nSPS) is 14.1. The smallest absolute Gasteiger partial charge is 0.135 e. The third kappa shape index (κ3) is 4.59. The maximum absolute atomic E-state index is 11.3. The third-order valence-electron chi connectivity index (χ3n) is 1.36. The van der Waals surface area contributed by atoms with Gasteiger partial charge in [0.25, 0.3) is 0 Å². The van der Waals surface area contributed by atoms with Crippen LogP contribution in [0.1, 0.15) is 18.7 Å². The Kier molecular flexibility index (Phi) is 5.15. The lowest BCUT2D eigenvalue weighted by atomic mass is 10.3. The minimum Gasteiger partial charge on any atom is -0.591 e. The van der Waals surface area contributed by atoms with Crippen molar-refractivity contribution < 1.29 is 4.55 Å². The first-order valence-corrected chi connectivity index (χ1v) is 7.19. The van der Waals surface area contributed by atoms with Crippen molar-refractivity contribution in [2.45, 2.75) is 13.8 Å². The summed E-state index contributed by atoms with van der Waals surface area (Å²) < 4.78 is 16.4. The predicted molar refractivity (Wildman–Crippen MR) is 67.5 cm³/mol. The molecule has 0 fully saturated rings. The number of hydrogen-bond donors (Lipinski definition) is 0. The monoisotopic (exact) mass is 293 g/mol. The summed E-state index contributed by atoms with van der Waals surface area (Å²) in [5.74, 6) is 1.05. The molecule has 1 heterocycles. The standard InChI is InChI=1S/C9H12BrNOS2/c1-7(2)6-14(12)11-4-9-3-8(10)5-13-9/h3-5,7H,6H2,1-2H3/b11-4+/t14-/m1/s1. The van der Waals surface area contributed by atoms with Crippen molar-refractivity contribution in [3.8, 4) is 0 Å². The van der Waals surface area contributed by atoms with Crippen molar-refractivity contribution in [2.75, 3.05) is 5.75 Å². The summed E-state index contributed by atoms with van der Waals surface area (Å²) in [4.78, 5) is 1.02. The molecule has 0 aliphatic carbocycles. The molecule has 0 radical (unpaired) electrons. The van der Waals surface area contributed by atoms with Crippen LogP contribution in [0.5, 0.6) is 0 Å². The van der Waals surface area contributed by atoms with Crippen LogP contribution in [0.15, 0.2) is 20.3 Å². The van der Waals surface area contributed by atoms with Gasteiger partial charge in [-0.05, 0) is 22.0 Å². The highest BCUT2D eigenvalue weighted by Crippen LogP contribution is 2.18. The van der Waals surface area contributed by atoms with Crippen molar-refractivity contribution in [3.63, 3.8) is 0 Å².